The van der Waals surface area contributed by atoms with E-state index in [-0.39, 0.29) is 5.75 Å². The number of hydrogen-bond donors (Lipinski definition) is 3. The lowest BCUT2D eigenvalue weighted by Crippen LogP contribution is -2.49. The first-order valence-corrected chi connectivity index (χ1v) is 7.00. The zero-order chi connectivity index (χ0) is 15.4. The molecule has 2 saturated heterocycles. The van der Waals surface area contributed by atoms with Gasteiger partial charge in [0.15, 0.2) is 6.23 Å². The molecule has 2 aliphatic rings. The van der Waals surface area contributed by atoms with E-state index in [4.69, 9.17) is 9.47 Å². The van der Waals surface area contributed by atoms with Gasteiger partial charge in [0.1, 0.15) is 23.6 Å². The maximum absolute atomic E-state index is 12.1. The lowest BCUT2D eigenvalue weighted by molar-refractivity contribution is -0.218. The molecule has 0 aliphatic carbocycles. The number of fused-ring (bicyclic) bond motifs is 2. The van der Waals surface area contributed by atoms with Crippen LogP contribution in [0.2, 0.25) is 0 Å². The van der Waals surface area contributed by atoms with Gasteiger partial charge in [0.2, 0.25) is 0 Å². The van der Waals surface area contributed by atoms with Gasteiger partial charge in [-0.3, -0.25) is 9.36 Å². The Morgan fingerprint density at radius 1 is 1.48 bits per heavy atom. The van der Waals surface area contributed by atoms with Gasteiger partial charge in [0.25, 0.3) is 5.56 Å². The zero-order valence-corrected chi connectivity index (χ0v) is 11.9. The minimum Gasteiger partial charge on any atom is -0.507 e. The Hall–Kier alpha value is -1.41. The topological polar surface area (TPSA) is 101 Å². The maximum Gasteiger partial charge on any atom is 0.256 e. The third-order valence-electron chi connectivity index (χ3n) is 4.52. The molecule has 1 aromatic rings. The number of aliphatic hydroxyl groups is 2. The van der Waals surface area contributed by atoms with Crippen molar-refractivity contribution in [1.29, 1.82) is 0 Å². The maximum atomic E-state index is 12.1. The molecule has 1 aromatic heterocycles. The average molecular weight is 297 g/mol. The molecular weight excluding hydrogens is 278 g/mol. The Kier molecular flexibility index (Phi) is 3.32. The Morgan fingerprint density at radius 3 is 2.76 bits per heavy atom. The van der Waals surface area contributed by atoms with E-state index in [0.29, 0.717) is 12.0 Å². The summed E-state index contributed by atoms with van der Waals surface area (Å²) >= 11 is 0. The van der Waals surface area contributed by atoms with E-state index >= 15 is 0 Å². The molecule has 21 heavy (non-hydrogen) atoms. The number of aromatic hydroxyl groups is 1. The Bertz CT molecular complexity index is 614. The van der Waals surface area contributed by atoms with Crippen LogP contribution in [0.15, 0.2) is 17.1 Å². The molecule has 2 bridgehead atoms. The molecule has 5 atom stereocenters. The summed E-state index contributed by atoms with van der Waals surface area (Å²) in [6.07, 6.45) is -0.949. The normalized spacial score (nSPS) is 38.1. The van der Waals surface area contributed by atoms with Crippen molar-refractivity contribution in [1.82, 2.24) is 4.57 Å². The predicted octanol–water partition coefficient (Wildman–Crippen LogP) is -0.476. The van der Waals surface area contributed by atoms with Crippen molar-refractivity contribution in [3.63, 3.8) is 0 Å². The largest absolute Gasteiger partial charge is 0.507 e. The molecule has 116 valence electrons. The number of hydrogen-bond acceptors (Lipinski definition) is 6. The minimum atomic E-state index is -1.21. The smallest absolute Gasteiger partial charge is 0.256 e. The Labute approximate surface area is 121 Å². The van der Waals surface area contributed by atoms with Crippen LogP contribution in [-0.2, 0) is 15.9 Å². The van der Waals surface area contributed by atoms with Gasteiger partial charge in [0.05, 0.1) is 12.7 Å². The van der Waals surface area contributed by atoms with Gasteiger partial charge in [-0.05, 0) is 13.3 Å². The van der Waals surface area contributed by atoms with Crippen LogP contribution in [0.4, 0.5) is 0 Å². The zero-order valence-electron chi connectivity index (χ0n) is 11.9. The summed E-state index contributed by atoms with van der Waals surface area (Å²) < 4.78 is 12.7. The highest BCUT2D eigenvalue weighted by molar-refractivity contribution is 5.29. The van der Waals surface area contributed by atoms with Crippen LogP contribution in [0.5, 0.6) is 5.75 Å². The summed E-state index contributed by atoms with van der Waals surface area (Å²) in [5.41, 5.74) is -1.06. The molecule has 5 unspecified atom stereocenters. The summed E-state index contributed by atoms with van der Waals surface area (Å²) in [6.45, 7) is 3.18. The summed E-state index contributed by atoms with van der Waals surface area (Å²) in [5.74, 6) is -0.0615. The molecule has 0 aromatic carbocycles. The fraction of sp³-hybridized carbons (Fsp3) is 0.643. The highest BCUT2D eigenvalue weighted by Crippen LogP contribution is 2.48. The number of aryl methyl sites for hydroxylation is 1. The number of nitrogens with zero attached hydrogens (tertiary/aromatic N) is 1. The van der Waals surface area contributed by atoms with Crippen molar-refractivity contribution in [3.8, 4) is 5.75 Å². The molecule has 3 rings (SSSR count). The number of rotatable bonds is 3. The van der Waals surface area contributed by atoms with Gasteiger partial charge in [-0.2, -0.15) is 0 Å². The number of aromatic nitrogens is 1. The second-order valence-corrected chi connectivity index (χ2v) is 5.59. The van der Waals surface area contributed by atoms with Crippen molar-refractivity contribution in [2.75, 3.05) is 6.61 Å². The molecule has 0 radical (unpaired) electrons. The lowest BCUT2D eigenvalue weighted by Gasteiger charge is -2.34. The number of pyridine rings is 1. The molecule has 3 N–H and O–H groups in total. The van der Waals surface area contributed by atoms with Crippen molar-refractivity contribution in [2.45, 2.75) is 50.4 Å². The lowest BCUT2D eigenvalue weighted by atomic mass is 9.94. The fourth-order valence-electron chi connectivity index (χ4n) is 3.15. The summed E-state index contributed by atoms with van der Waals surface area (Å²) in [6, 6.07) is 1.12. The van der Waals surface area contributed by atoms with Crippen molar-refractivity contribution >= 4 is 0 Å². The second kappa shape index (κ2) is 4.81. The van der Waals surface area contributed by atoms with E-state index in [1.54, 1.807) is 6.92 Å². The van der Waals surface area contributed by atoms with Crippen LogP contribution in [0.25, 0.3) is 0 Å². The Morgan fingerprint density at radius 2 is 2.19 bits per heavy atom. The van der Waals surface area contributed by atoms with Crippen LogP contribution in [0.1, 0.15) is 25.6 Å². The molecule has 2 aliphatic heterocycles. The van der Waals surface area contributed by atoms with Crippen LogP contribution in [0, 0.1) is 0 Å². The summed E-state index contributed by atoms with van der Waals surface area (Å²) in [7, 11) is 0. The van der Waals surface area contributed by atoms with Crippen molar-refractivity contribution < 1.29 is 24.8 Å². The molecular formula is C14H19NO6. The highest BCUT2D eigenvalue weighted by atomic mass is 16.7. The molecule has 7 nitrogen and oxygen atoms in total. The van der Waals surface area contributed by atoms with Crippen LogP contribution in [0.3, 0.4) is 0 Å². The molecule has 2 fully saturated rings. The highest BCUT2D eigenvalue weighted by Gasteiger charge is 2.65. The van der Waals surface area contributed by atoms with Crippen LogP contribution < -0.4 is 5.56 Å². The van der Waals surface area contributed by atoms with Gasteiger partial charge >= 0.3 is 0 Å². The van der Waals surface area contributed by atoms with Gasteiger partial charge < -0.3 is 24.8 Å². The van der Waals surface area contributed by atoms with Gasteiger partial charge in [0, 0.05) is 17.8 Å². The number of aliphatic hydroxyl groups excluding tert-OH is 2. The second-order valence-electron chi connectivity index (χ2n) is 5.59. The van der Waals surface area contributed by atoms with Crippen LogP contribution >= 0.6 is 0 Å². The molecule has 0 saturated carbocycles. The average Bonchev–Trinajstić information content (AvgIpc) is 2.86. The summed E-state index contributed by atoms with van der Waals surface area (Å²) in [5, 5.41) is 29.6. The first-order valence-electron chi connectivity index (χ1n) is 7.00. The third kappa shape index (κ3) is 1.85. The van der Waals surface area contributed by atoms with E-state index in [2.05, 4.69) is 0 Å². The van der Waals surface area contributed by atoms with E-state index in [0.717, 1.165) is 6.07 Å². The molecule has 0 amide bonds. The molecule has 0 spiro atoms. The fourth-order valence-corrected chi connectivity index (χ4v) is 3.15. The van der Waals surface area contributed by atoms with Gasteiger partial charge in [-0.15, -0.1) is 0 Å². The van der Waals surface area contributed by atoms with Crippen LogP contribution in [-0.4, -0.2) is 50.4 Å². The minimum absolute atomic E-state index is 0.0615. The summed E-state index contributed by atoms with van der Waals surface area (Å²) in [4.78, 5) is 12.1. The Balaban J connectivity index is 2.03. The van der Waals surface area contributed by atoms with Gasteiger partial charge in [-0.1, -0.05) is 6.92 Å². The van der Waals surface area contributed by atoms with Crippen molar-refractivity contribution in [3.05, 3.63) is 28.2 Å². The first-order chi connectivity index (χ1) is 9.94. The standard InChI is InChI=1S/C14H19NO6/c1-3-8-5-15(10(18)4-9(8)17)13-11-12(19)14(6-16,21-13)7(2)20-11/h4-5,7,11-13,16-17,19H,3,6H2,1-2H3. The SMILES string of the molecule is CCc1cn(C2OC3(CO)C(C)OC2C3O)c(=O)cc1O. The van der Waals surface area contributed by atoms with Gasteiger partial charge in [-0.25, -0.2) is 0 Å². The van der Waals surface area contributed by atoms with E-state index in [1.807, 2.05) is 6.92 Å². The van der Waals surface area contributed by atoms with Crippen molar-refractivity contribution in [2.24, 2.45) is 0 Å². The van der Waals surface area contributed by atoms with E-state index < -0.39 is 42.3 Å². The molecule has 7 heteroatoms. The quantitative estimate of drug-likeness (QED) is 0.697. The van der Waals surface area contributed by atoms with E-state index in [1.165, 1.54) is 10.8 Å². The predicted molar refractivity (Wildman–Crippen MR) is 72.0 cm³/mol. The first kappa shape index (κ1) is 14.5. The monoisotopic (exact) mass is 297 g/mol. The van der Waals surface area contributed by atoms with E-state index in [9.17, 15) is 20.1 Å². The molecule has 3 heterocycles. The third-order valence-corrected chi connectivity index (χ3v) is 4.52. The number of ether oxygens (including phenoxy) is 2.